The molecule has 32 heavy (non-hydrogen) atoms. The quantitative estimate of drug-likeness (QED) is 0.173. The summed E-state index contributed by atoms with van der Waals surface area (Å²) < 4.78 is 0. The van der Waals surface area contributed by atoms with E-state index in [2.05, 4.69) is 26.1 Å². The van der Waals surface area contributed by atoms with Crippen molar-refractivity contribution in [2.75, 3.05) is 11.6 Å². The molecule has 0 fully saturated rings. The number of nitro benzene ring substituents is 1. The fraction of sp³-hybridized carbons (Fsp3) is 0.269. The average molecular weight is 449 g/mol. The third kappa shape index (κ3) is 5.98. The molecule has 0 saturated carbocycles. The van der Waals surface area contributed by atoms with Crippen LogP contribution in [0.3, 0.4) is 0 Å². The first-order valence-corrected chi connectivity index (χ1v) is 11.7. The Morgan fingerprint density at radius 2 is 1.56 bits per heavy atom. The van der Waals surface area contributed by atoms with Crippen LogP contribution in [0, 0.1) is 10.1 Å². The maximum atomic E-state index is 13.1. The van der Waals surface area contributed by atoms with E-state index in [4.69, 9.17) is 0 Å². The van der Waals surface area contributed by atoms with Gasteiger partial charge in [-0.1, -0.05) is 57.2 Å². The summed E-state index contributed by atoms with van der Waals surface area (Å²) in [7, 11) is 0. The number of carbonyl (C=O) groups excluding carboxylic acids is 1. The highest BCUT2D eigenvalue weighted by atomic mass is 32.2. The molecule has 166 valence electrons. The molecular weight excluding hydrogens is 420 g/mol. The molecular formula is C26H28N2O3S. The molecule has 0 aliphatic carbocycles. The molecule has 0 unspecified atom stereocenters. The number of nitrogens with zero attached hydrogens (tertiary/aromatic N) is 1. The number of nitro groups is 1. The van der Waals surface area contributed by atoms with Crippen LogP contribution in [0.15, 0.2) is 77.7 Å². The van der Waals surface area contributed by atoms with Gasteiger partial charge in [0.1, 0.15) is 0 Å². The first-order valence-electron chi connectivity index (χ1n) is 10.5. The number of thioether (sulfide) groups is 1. The van der Waals surface area contributed by atoms with Crippen LogP contribution in [-0.2, 0) is 5.41 Å². The number of anilines is 1. The largest absolute Gasteiger partial charge is 0.378 e. The number of ketones is 1. The van der Waals surface area contributed by atoms with Crippen LogP contribution in [0.25, 0.3) is 0 Å². The van der Waals surface area contributed by atoms with E-state index in [-0.39, 0.29) is 29.3 Å². The van der Waals surface area contributed by atoms with Crippen molar-refractivity contribution in [2.45, 2.75) is 43.5 Å². The minimum absolute atomic E-state index is 0.0284. The molecule has 0 aliphatic heterocycles. The molecule has 0 aromatic heterocycles. The van der Waals surface area contributed by atoms with Crippen LogP contribution < -0.4 is 5.32 Å². The summed E-state index contributed by atoms with van der Waals surface area (Å²) in [6.07, 6.45) is 2.29. The van der Waals surface area contributed by atoms with Gasteiger partial charge in [-0.3, -0.25) is 14.9 Å². The van der Waals surface area contributed by atoms with Crippen LogP contribution in [0.5, 0.6) is 0 Å². The van der Waals surface area contributed by atoms with Gasteiger partial charge in [0.15, 0.2) is 5.78 Å². The SMILES string of the molecule is CSc1ccc([C@@H](CC(=O)c2ccc(C(C)(C)C)cc2)Nc2ccc([N+](=O)[O-])cc2)cc1. The van der Waals surface area contributed by atoms with Gasteiger partial charge in [0.2, 0.25) is 0 Å². The van der Waals surface area contributed by atoms with Crippen LogP contribution in [0.4, 0.5) is 11.4 Å². The molecule has 1 atom stereocenters. The second kappa shape index (κ2) is 10.0. The third-order valence-electron chi connectivity index (χ3n) is 5.40. The third-order valence-corrected chi connectivity index (χ3v) is 6.14. The lowest BCUT2D eigenvalue weighted by Gasteiger charge is -2.21. The number of hydrogen-bond acceptors (Lipinski definition) is 5. The number of rotatable bonds is 8. The van der Waals surface area contributed by atoms with Crippen molar-refractivity contribution in [1.29, 1.82) is 0 Å². The Morgan fingerprint density at radius 1 is 0.969 bits per heavy atom. The van der Waals surface area contributed by atoms with E-state index in [0.29, 0.717) is 5.56 Å². The fourth-order valence-corrected chi connectivity index (χ4v) is 3.84. The van der Waals surface area contributed by atoms with Gasteiger partial charge >= 0.3 is 0 Å². The van der Waals surface area contributed by atoms with E-state index in [1.54, 1.807) is 23.9 Å². The van der Waals surface area contributed by atoms with E-state index in [1.165, 1.54) is 17.7 Å². The van der Waals surface area contributed by atoms with Crippen molar-refractivity contribution in [3.63, 3.8) is 0 Å². The Kier molecular flexibility index (Phi) is 7.36. The summed E-state index contributed by atoms with van der Waals surface area (Å²) in [6, 6.07) is 21.9. The van der Waals surface area contributed by atoms with Crippen molar-refractivity contribution in [1.82, 2.24) is 0 Å². The van der Waals surface area contributed by atoms with Crippen LogP contribution in [0.1, 0.15) is 54.7 Å². The molecule has 3 rings (SSSR count). The van der Waals surface area contributed by atoms with E-state index in [9.17, 15) is 14.9 Å². The summed E-state index contributed by atoms with van der Waals surface area (Å²) in [5.74, 6) is 0.0406. The summed E-state index contributed by atoms with van der Waals surface area (Å²) in [4.78, 5) is 24.8. The van der Waals surface area contributed by atoms with E-state index < -0.39 is 4.92 Å². The highest BCUT2D eigenvalue weighted by Gasteiger charge is 2.19. The minimum atomic E-state index is -0.423. The lowest BCUT2D eigenvalue weighted by molar-refractivity contribution is -0.384. The van der Waals surface area contributed by atoms with Gasteiger partial charge in [-0.2, -0.15) is 0 Å². The first kappa shape index (κ1) is 23.5. The molecule has 0 amide bonds. The molecule has 1 N–H and O–H groups in total. The van der Waals surface area contributed by atoms with Gasteiger partial charge in [0, 0.05) is 34.7 Å². The van der Waals surface area contributed by atoms with Crippen molar-refractivity contribution < 1.29 is 9.72 Å². The summed E-state index contributed by atoms with van der Waals surface area (Å²) >= 11 is 1.66. The predicted molar refractivity (Wildman–Crippen MR) is 132 cm³/mol. The number of nitrogens with one attached hydrogen (secondary N) is 1. The van der Waals surface area contributed by atoms with Gasteiger partial charge in [-0.05, 0) is 47.1 Å². The molecule has 0 aliphatic rings. The molecule has 3 aromatic carbocycles. The zero-order valence-electron chi connectivity index (χ0n) is 18.8. The zero-order chi connectivity index (χ0) is 23.3. The van der Waals surface area contributed by atoms with E-state index >= 15 is 0 Å². The number of non-ortho nitro benzene ring substituents is 1. The molecule has 0 bridgehead atoms. The van der Waals surface area contributed by atoms with Gasteiger partial charge in [0.05, 0.1) is 11.0 Å². The standard InChI is InChI=1S/C26H28N2O3S/c1-26(2,3)20-9-5-19(6-10-20)25(29)17-24(18-7-15-23(32-4)16-8-18)27-21-11-13-22(14-12-21)28(30)31/h5-16,24,27H,17H2,1-4H3/t24-/m1/s1. The lowest BCUT2D eigenvalue weighted by Crippen LogP contribution is -2.16. The maximum Gasteiger partial charge on any atom is 0.269 e. The molecule has 5 nitrogen and oxygen atoms in total. The van der Waals surface area contributed by atoms with Gasteiger partial charge in [-0.25, -0.2) is 0 Å². The van der Waals surface area contributed by atoms with E-state index in [1.807, 2.05) is 54.8 Å². The number of Topliss-reactive ketones (excluding diaryl/α,β-unsaturated/α-hetero) is 1. The normalized spacial score (nSPS) is 12.2. The smallest absolute Gasteiger partial charge is 0.269 e. The van der Waals surface area contributed by atoms with Gasteiger partial charge in [0.25, 0.3) is 5.69 Å². The van der Waals surface area contributed by atoms with E-state index in [0.717, 1.165) is 16.1 Å². The molecule has 6 heteroatoms. The van der Waals surface area contributed by atoms with Crippen molar-refractivity contribution >= 4 is 28.9 Å². The molecule has 0 saturated heterocycles. The molecule has 0 heterocycles. The Balaban J connectivity index is 1.84. The molecule has 0 radical (unpaired) electrons. The Labute approximate surface area is 193 Å². The monoisotopic (exact) mass is 448 g/mol. The van der Waals surface area contributed by atoms with Crippen LogP contribution >= 0.6 is 11.8 Å². The zero-order valence-corrected chi connectivity index (χ0v) is 19.6. The first-order chi connectivity index (χ1) is 15.2. The topological polar surface area (TPSA) is 72.2 Å². The van der Waals surface area contributed by atoms with Crippen molar-refractivity contribution in [2.24, 2.45) is 0 Å². The minimum Gasteiger partial charge on any atom is -0.378 e. The molecule has 0 spiro atoms. The number of hydrogen-bond donors (Lipinski definition) is 1. The second-order valence-electron chi connectivity index (χ2n) is 8.73. The number of carbonyl (C=O) groups is 1. The highest BCUT2D eigenvalue weighted by Crippen LogP contribution is 2.28. The van der Waals surface area contributed by atoms with Crippen LogP contribution in [0.2, 0.25) is 0 Å². The summed E-state index contributed by atoms with van der Waals surface area (Å²) in [6.45, 7) is 6.44. The van der Waals surface area contributed by atoms with Gasteiger partial charge in [-0.15, -0.1) is 11.8 Å². The Hall–Kier alpha value is -3.12. The highest BCUT2D eigenvalue weighted by molar-refractivity contribution is 7.98. The maximum absolute atomic E-state index is 13.1. The van der Waals surface area contributed by atoms with Crippen molar-refractivity contribution in [3.8, 4) is 0 Å². The van der Waals surface area contributed by atoms with Crippen LogP contribution in [-0.4, -0.2) is 17.0 Å². The summed E-state index contributed by atoms with van der Waals surface area (Å²) in [5.41, 5.74) is 3.63. The summed E-state index contributed by atoms with van der Waals surface area (Å²) in [5, 5.41) is 14.3. The predicted octanol–water partition coefficient (Wildman–Crippen LogP) is 7.04. The number of benzene rings is 3. The second-order valence-corrected chi connectivity index (χ2v) is 9.61. The lowest BCUT2D eigenvalue weighted by atomic mass is 9.86. The van der Waals surface area contributed by atoms with Gasteiger partial charge < -0.3 is 5.32 Å². The fourth-order valence-electron chi connectivity index (χ4n) is 3.43. The van der Waals surface area contributed by atoms with Crippen molar-refractivity contribution in [3.05, 3.63) is 99.6 Å². The Bertz CT molecular complexity index is 1070. The molecule has 3 aromatic rings. The Morgan fingerprint density at radius 3 is 2.06 bits per heavy atom. The average Bonchev–Trinajstić information content (AvgIpc) is 2.78.